The molecular weight excluding hydrogens is 448 g/mol. The molecule has 6 N–H and O–H groups in total. The van der Waals surface area contributed by atoms with Crippen molar-refractivity contribution in [1.29, 1.82) is 0 Å². The van der Waals surface area contributed by atoms with Crippen LogP contribution in [0.5, 0.6) is 5.75 Å². The van der Waals surface area contributed by atoms with Crippen LogP contribution in [0.1, 0.15) is 16.7 Å². The van der Waals surface area contributed by atoms with Gasteiger partial charge < -0.3 is 31.5 Å². The smallest absolute Gasteiger partial charge is 0.323 e. The van der Waals surface area contributed by atoms with E-state index in [1.807, 2.05) is 31.2 Å². The Balaban J connectivity index is 1.58. The quantitative estimate of drug-likeness (QED) is 0.318. The Morgan fingerprint density at radius 1 is 0.914 bits per heavy atom. The van der Waals surface area contributed by atoms with Crippen LogP contribution < -0.4 is 26.4 Å². The first kappa shape index (κ1) is 25.3. The number of nitrogens with one attached hydrogen (secondary N) is 3. The third kappa shape index (κ3) is 7.31. The molecule has 9 heteroatoms. The average Bonchev–Trinajstić information content (AvgIpc) is 2.82. The van der Waals surface area contributed by atoms with Gasteiger partial charge in [0.25, 0.3) is 0 Å². The number of para-hydroxylation sites is 1. The van der Waals surface area contributed by atoms with Gasteiger partial charge in [-0.2, -0.15) is 0 Å². The zero-order valence-electron chi connectivity index (χ0n) is 19.5. The van der Waals surface area contributed by atoms with E-state index >= 15 is 0 Å². The lowest BCUT2D eigenvalue weighted by atomic mass is 10.1. The summed E-state index contributed by atoms with van der Waals surface area (Å²) < 4.78 is 5.40. The number of ether oxygens (including phenoxy) is 1. The van der Waals surface area contributed by atoms with Gasteiger partial charge in [-0.25, -0.2) is 4.79 Å². The minimum atomic E-state index is -1.06. The van der Waals surface area contributed by atoms with Crippen molar-refractivity contribution in [2.24, 2.45) is 5.73 Å². The number of carboxylic acid groups (broad SMARTS) is 1. The van der Waals surface area contributed by atoms with Crippen LogP contribution in [0.2, 0.25) is 0 Å². The molecule has 3 rings (SSSR count). The molecule has 0 fully saturated rings. The van der Waals surface area contributed by atoms with Crippen molar-refractivity contribution >= 4 is 35.0 Å². The Hall–Kier alpha value is -4.37. The normalized spacial score (nSPS) is 11.3. The zero-order chi connectivity index (χ0) is 25.4. The summed E-state index contributed by atoms with van der Waals surface area (Å²) in [5.41, 5.74) is 9.71. The Morgan fingerprint density at radius 2 is 1.57 bits per heavy atom. The van der Waals surface area contributed by atoms with E-state index in [-0.39, 0.29) is 18.7 Å². The molecule has 0 heterocycles. The van der Waals surface area contributed by atoms with Gasteiger partial charge in [0.2, 0.25) is 5.91 Å². The van der Waals surface area contributed by atoms with E-state index in [0.717, 1.165) is 11.1 Å². The molecule has 0 aliphatic heterocycles. The Bertz CT molecular complexity index is 1210. The number of anilines is 3. The van der Waals surface area contributed by atoms with E-state index in [1.165, 1.54) is 7.11 Å². The van der Waals surface area contributed by atoms with Crippen LogP contribution in [-0.2, 0) is 22.4 Å². The highest BCUT2D eigenvalue weighted by Crippen LogP contribution is 2.26. The monoisotopic (exact) mass is 476 g/mol. The molecule has 3 amide bonds. The summed E-state index contributed by atoms with van der Waals surface area (Å²) in [6.07, 6.45) is 0.296. The van der Waals surface area contributed by atoms with Gasteiger partial charge in [-0.05, 0) is 60.4 Å². The number of urea groups is 1. The molecule has 0 aliphatic rings. The predicted octanol–water partition coefficient (Wildman–Crippen LogP) is 3.78. The highest BCUT2D eigenvalue weighted by atomic mass is 16.5. The molecule has 1 atom stereocenters. The number of carbonyl (C=O) groups excluding carboxylic acids is 2. The molecule has 0 spiro atoms. The zero-order valence-corrected chi connectivity index (χ0v) is 19.5. The van der Waals surface area contributed by atoms with Crippen LogP contribution in [0.25, 0.3) is 0 Å². The number of carboxylic acids is 1. The molecule has 0 aromatic heterocycles. The third-order valence-corrected chi connectivity index (χ3v) is 5.28. The summed E-state index contributed by atoms with van der Waals surface area (Å²) in [6.45, 7) is 1.90. The Morgan fingerprint density at radius 3 is 2.23 bits per heavy atom. The minimum absolute atomic E-state index is 0.0949. The van der Waals surface area contributed by atoms with E-state index < -0.39 is 18.0 Å². The first-order chi connectivity index (χ1) is 16.7. The van der Waals surface area contributed by atoms with Gasteiger partial charge in [-0.3, -0.25) is 9.59 Å². The number of benzene rings is 3. The first-order valence-electron chi connectivity index (χ1n) is 10.9. The molecule has 1 unspecified atom stereocenters. The van der Waals surface area contributed by atoms with E-state index in [4.69, 9.17) is 15.6 Å². The number of amides is 3. The second kappa shape index (κ2) is 11.7. The molecule has 0 saturated carbocycles. The number of methoxy groups -OCH3 is 1. The lowest BCUT2D eigenvalue weighted by Crippen LogP contribution is -2.32. The number of aryl methyl sites for hydroxylation is 1. The van der Waals surface area contributed by atoms with Crippen LogP contribution >= 0.6 is 0 Å². The van der Waals surface area contributed by atoms with Crippen LogP contribution in [0.3, 0.4) is 0 Å². The summed E-state index contributed by atoms with van der Waals surface area (Å²) in [7, 11) is 1.49. The van der Waals surface area contributed by atoms with Crippen molar-refractivity contribution in [3.05, 3.63) is 83.4 Å². The molecular formula is C26H28N4O5. The van der Waals surface area contributed by atoms with E-state index in [1.54, 1.807) is 42.5 Å². The topological polar surface area (TPSA) is 143 Å². The SMILES string of the molecule is COc1cc(CC(=O)Nc2ccc(CC(N)C(=O)O)cc2)ccc1NC(=O)Nc1ccccc1C. The lowest BCUT2D eigenvalue weighted by molar-refractivity contribution is -0.138. The highest BCUT2D eigenvalue weighted by molar-refractivity contribution is 6.01. The molecule has 0 radical (unpaired) electrons. The number of hydrogen-bond acceptors (Lipinski definition) is 5. The molecule has 35 heavy (non-hydrogen) atoms. The standard InChI is InChI=1S/C26H28N4O5/c1-16-5-3-4-6-21(16)29-26(34)30-22-12-9-18(14-23(22)35-2)15-24(31)28-19-10-7-17(8-11-19)13-20(27)25(32)33/h3-12,14,20H,13,15,27H2,1-2H3,(H,28,31)(H,32,33)(H2,29,30,34). The summed E-state index contributed by atoms with van der Waals surface area (Å²) in [4.78, 5) is 35.8. The van der Waals surface area contributed by atoms with Crippen molar-refractivity contribution in [2.75, 3.05) is 23.1 Å². The van der Waals surface area contributed by atoms with Gasteiger partial charge in [-0.15, -0.1) is 0 Å². The summed E-state index contributed by atoms with van der Waals surface area (Å²) in [6, 6.07) is 18.0. The van der Waals surface area contributed by atoms with E-state index in [9.17, 15) is 14.4 Å². The van der Waals surface area contributed by atoms with Gasteiger partial charge in [-0.1, -0.05) is 36.4 Å². The molecule has 3 aromatic rings. The Labute approximate surface area is 203 Å². The second-order valence-corrected chi connectivity index (χ2v) is 8.00. The summed E-state index contributed by atoms with van der Waals surface area (Å²) in [5.74, 6) is -0.875. The number of aliphatic carboxylic acids is 1. The first-order valence-corrected chi connectivity index (χ1v) is 10.9. The van der Waals surface area contributed by atoms with Crippen LogP contribution in [0.15, 0.2) is 66.7 Å². The van der Waals surface area contributed by atoms with E-state index in [2.05, 4.69) is 16.0 Å². The molecule has 0 bridgehead atoms. The fourth-order valence-corrected chi connectivity index (χ4v) is 3.39. The molecule has 9 nitrogen and oxygen atoms in total. The second-order valence-electron chi connectivity index (χ2n) is 8.00. The third-order valence-electron chi connectivity index (χ3n) is 5.28. The van der Waals surface area contributed by atoms with Gasteiger partial charge in [0, 0.05) is 11.4 Å². The van der Waals surface area contributed by atoms with Crippen LogP contribution in [0, 0.1) is 6.92 Å². The van der Waals surface area contributed by atoms with Crippen molar-refractivity contribution in [3.8, 4) is 5.75 Å². The molecule has 3 aromatic carbocycles. The van der Waals surface area contributed by atoms with Crippen LogP contribution in [-0.4, -0.2) is 36.2 Å². The fourth-order valence-electron chi connectivity index (χ4n) is 3.39. The maximum atomic E-state index is 12.5. The van der Waals surface area contributed by atoms with Gasteiger partial charge in [0.15, 0.2) is 0 Å². The number of rotatable bonds is 9. The maximum absolute atomic E-state index is 12.5. The predicted molar refractivity (Wildman–Crippen MR) is 135 cm³/mol. The number of nitrogens with two attached hydrogens (primary N) is 1. The van der Waals surface area contributed by atoms with Crippen molar-refractivity contribution < 1.29 is 24.2 Å². The van der Waals surface area contributed by atoms with Crippen LogP contribution in [0.4, 0.5) is 21.9 Å². The fraction of sp³-hybridized carbons (Fsp3) is 0.192. The van der Waals surface area contributed by atoms with E-state index in [0.29, 0.717) is 28.4 Å². The summed E-state index contributed by atoms with van der Waals surface area (Å²) >= 11 is 0. The van der Waals surface area contributed by atoms with Crippen molar-refractivity contribution in [1.82, 2.24) is 0 Å². The van der Waals surface area contributed by atoms with Crippen molar-refractivity contribution in [2.45, 2.75) is 25.8 Å². The largest absolute Gasteiger partial charge is 0.495 e. The summed E-state index contributed by atoms with van der Waals surface area (Å²) in [5, 5.41) is 17.3. The number of hydrogen-bond donors (Lipinski definition) is 5. The molecule has 0 saturated heterocycles. The minimum Gasteiger partial charge on any atom is -0.495 e. The van der Waals surface area contributed by atoms with Crippen molar-refractivity contribution in [3.63, 3.8) is 0 Å². The number of carbonyl (C=O) groups is 3. The van der Waals surface area contributed by atoms with Gasteiger partial charge in [0.05, 0.1) is 19.2 Å². The lowest BCUT2D eigenvalue weighted by Gasteiger charge is -2.14. The Kier molecular flexibility index (Phi) is 8.42. The average molecular weight is 477 g/mol. The van der Waals surface area contributed by atoms with Gasteiger partial charge in [0.1, 0.15) is 11.8 Å². The highest BCUT2D eigenvalue weighted by Gasteiger charge is 2.13. The molecule has 182 valence electrons. The maximum Gasteiger partial charge on any atom is 0.323 e. The molecule has 0 aliphatic carbocycles. The van der Waals surface area contributed by atoms with Gasteiger partial charge >= 0.3 is 12.0 Å².